The number of carbonyl (C=O) groups is 1. The van der Waals surface area contributed by atoms with Crippen LogP contribution in [0.25, 0.3) is 5.69 Å². The predicted octanol–water partition coefficient (Wildman–Crippen LogP) is 5.19. The molecule has 1 atom stereocenters. The van der Waals surface area contributed by atoms with Crippen LogP contribution in [0.2, 0.25) is 5.02 Å². The van der Waals surface area contributed by atoms with Gasteiger partial charge in [0.15, 0.2) is 0 Å². The third kappa shape index (κ3) is 5.09. The van der Waals surface area contributed by atoms with Gasteiger partial charge in [-0.15, -0.1) is 5.10 Å². The average molecular weight is 466 g/mol. The molecular weight excluding hydrogens is 446 g/mol. The van der Waals surface area contributed by atoms with Crippen LogP contribution in [-0.2, 0) is 4.79 Å². The number of rotatable bonds is 8. The van der Waals surface area contributed by atoms with Crippen LogP contribution in [0.4, 0.5) is 5.69 Å². The normalized spacial score (nSPS) is 11.7. The van der Waals surface area contributed by atoms with Gasteiger partial charge in [0.05, 0.1) is 18.0 Å². The Balaban J connectivity index is 1.64. The number of benzene rings is 3. The highest BCUT2D eigenvalue weighted by atomic mass is 35.5. The summed E-state index contributed by atoms with van der Waals surface area (Å²) in [4.78, 5) is 13.4. The smallest absolute Gasteiger partial charge is 0.242 e. The van der Waals surface area contributed by atoms with Crippen molar-refractivity contribution in [2.75, 3.05) is 11.9 Å². The molecule has 0 saturated heterocycles. The number of aromatic nitrogens is 4. The highest BCUT2D eigenvalue weighted by Crippen LogP contribution is 2.36. The Bertz CT molecular complexity index is 1180. The molecule has 0 saturated carbocycles. The van der Waals surface area contributed by atoms with Gasteiger partial charge in [0.1, 0.15) is 11.0 Å². The van der Waals surface area contributed by atoms with Crippen LogP contribution in [0.15, 0.2) is 84.0 Å². The maximum atomic E-state index is 13.4. The summed E-state index contributed by atoms with van der Waals surface area (Å²) in [5, 5.41) is 15.5. The van der Waals surface area contributed by atoms with Gasteiger partial charge in [-0.1, -0.05) is 65.8 Å². The van der Waals surface area contributed by atoms with Crippen LogP contribution in [0, 0.1) is 0 Å². The molecule has 162 valence electrons. The number of anilines is 1. The van der Waals surface area contributed by atoms with Crippen molar-refractivity contribution >= 4 is 35.0 Å². The van der Waals surface area contributed by atoms with Gasteiger partial charge in [0.25, 0.3) is 0 Å². The van der Waals surface area contributed by atoms with Crippen LogP contribution in [0.1, 0.15) is 17.7 Å². The molecule has 32 heavy (non-hydrogen) atoms. The van der Waals surface area contributed by atoms with Gasteiger partial charge in [0, 0.05) is 5.02 Å². The minimum atomic E-state index is -0.595. The number of halogens is 1. The fourth-order valence-corrected chi connectivity index (χ4v) is 4.17. The Morgan fingerprint density at radius 1 is 1.06 bits per heavy atom. The largest absolute Gasteiger partial charge is 0.492 e. The maximum Gasteiger partial charge on any atom is 0.242 e. The molecule has 0 bridgehead atoms. The first-order valence-electron chi connectivity index (χ1n) is 9.94. The van der Waals surface area contributed by atoms with Crippen molar-refractivity contribution < 1.29 is 9.53 Å². The monoisotopic (exact) mass is 465 g/mol. The molecule has 3 aromatic carbocycles. The molecule has 0 unspecified atom stereocenters. The molecule has 9 heteroatoms. The van der Waals surface area contributed by atoms with Gasteiger partial charge < -0.3 is 10.1 Å². The molecule has 0 fully saturated rings. The molecule has 0 aliphatic heterocycles. The Kier molecular flexibility index (Phi) is 7.03. The van der Waals surface area contributed by atoms with Gasteiger partial charge in [-0.25, -0.2) is 0 Å². The summed E-state index contributed by atoms with van der Waals surface area (Å²) < 4.78 is 7.23. The fraction of sp³-hybridized carbons (Fsp3) is 0.130. The number of nitrogens with zero attached hydrogens (tertiary/aromatic N) is 4. The standard InChI is InChI=1S/C23H20ClN5O2S/c1-2-31-20-11-7-6-10-19(20)25-22(30)21(16-8-4-3-5-9-16)32-23-26-27-28-29(23)18-14-12-17(24)13-15-18/h3-15,21H,2H2,1H3,(H,25,30)/t21-/m1/s1. The van der Waals surface area contributed by atoms with Crippen molar-refractivity contribution in [3.8, 4) is 11.4 Å². The van der Waals surface area contributed by atoms with Gasteiger partial charge in [-0.05, 0) is 59.3 Å². The van der Waals surface area contributed by atoms with Crippen LogP contribution in [-0.4, -0.2) is 32.7 Å². The third-order valence-electron chi connectivity index (χ3n) is 4.52. The lowest BCUT2D eigenvalue weighted by Gasteiger charge is -2.18. The minimum absolute atomic E-state index is 0.209. The van der Waals surface area contributed by atoms with Crippen LogP contribution >= 0.6 is 23.4 Å². The van der Waals surface area contributed by atoms with E-state index >= 15 is 0 Å². The van der Waals surface area contributed by atoms with Gasteiger partial charge in [-0.3, -0.25) is 4.79 Å². The number of amides is 1. The molecule has 0 spiro atoms. The molecule has 4 aromatic rings. The Labute approximate surface area is 194 Å². The van der Waals surface area contributed by atoms with Crippen molar-refractivity contribution in [1.82, 2.24) is 20.2 Å². The molecule has 7 nitrogen and oxygen atoms in total. The summed E-state index contributed by atoms with van der Waals surface area (Å²) in [7, 11) is 0. The number of ether oxygens (including phenoxy) is 1. The van der Waals surface area contributed by atoms with Crippen LogP contribution in [0.3, 0.4) is 0 Å². The zero-order valence-corrected chi connectivity index (χ0v) is 18.8. The van der Waals surface area contributed by atoms with E-state index in [4.69, 9.17) is 16.3 Å². The molecule has 1 aromatic heterocycles. The number of hydrogen-bond acceptors (Lipinski definition) is 6. The highest BCUT2D eigenvalue weighted by molar-refractivity contribution is 8.00. The van der Waals surface area contributed by atoms with E-state index in [1.165, 1.54) is 11.8 Å². The minimum Gasteiger partial charge on any atom is -0.492 e. The summed E-state index contributed by atoms with van der Waals surface area (Å²) in [6, 6.07) is 24.0. The number of carbonyl (C=O) groups excluding carboxylic acids is 1. The number of nitrogens with one attached hydrogen (secondary N) is 1. The van der Waals surface area contributed by atoms with E-state index in [0.717, 1.165) is 11.3 Å². The zero-order chi connectivity index (χ0) is 22.3. The molecule has 0 aliphatic rings. The first-order valence-corrected chi connectivity index (χ1v) is 11.2. The zero-order valence-electron chi connectivity index (χ0n) is 17.2. The molecule has 1 amide bonds. The van der Waals surface area contributed by atoms with E-state index in [1.807, 2.05) is 73.7 Å². The molecular formula is C23H20ClN5O2S. The first-order chi connectivity index (χ1) is 15.7. The molecule has 1 heterocycles. The van der Waals surface area contributed by atoms with Gasteiger partial charge in [0.2, 0.25) is 11.1 Å². The molecule has 4 rings (SSSR count). The quantitative estimate of drug-likeness (QED) is 0.361. The molecule has 0 radical (unpaired) electrons. The summed E-state index contributed by atoms with van der Waals surface area (Å²) in [6.45, 7) is 2.40. The lowest BCUT2D eigenvalue weighted by atomic mass is 10.1. The number of thioether (sulfide) groups is 1. The number of para-hydroxylation sites is 2. The van der Waals surface area contributed by atoms with E-state index in [9.17, 15) is 4.79 Å². The van der Waals surface area contributed by atoms with Crippen molar-refractivity contribution in [3.63, 3.8) is 0 Å². The fourth-order valence-electron chi connectivity index (χ4n) is 3.05. The Morgan fingerprint density at radius 3 is 2.53 bits per heavy atom. The first kappa shape index (κ1) is 21.9. The summed E-state index contributed by atoms with van der Waals surface area (Å²) >= 11 is 7.26. The second-order valence-electron chi connectivity index (χ2n) is 6.68. The SMILES string of the molecule is CCOc1ccccc1NC(=O)[C@H](Sc1nnnn1-c1ccc(Cl)cc1)c1ccccc1. The van der Waals surface area contributed by atoms with E-state index < -0.39 is 5.25 Å². The third-order valence-corrected chi connectivity index (χ3v) is 5.96. The lowest BCUT2D eigenvalue weighted by molar-refractivity contribution is -0.115. The second-order valence-corrected chi connectivity index (χ2v) is 8.19. The number of hydrogen-bond donors (Lipinski definition) is 1. The maximum absolute atomic E-state index is 13.4. The van der Waals surface area contributed by atoms with Crippen molar-refractivity contribution in [3.05, 3.63) is 89.4 Å². The van der Waals surface area contributed by atoms with Gasteiger partial charge >= 0.3 is 0 Å². The topological polar surface area (TPSA) is 81.9 Å². The second kappa shape index (κ2) is 10.3. The highest BCUT2D eigenvalue weighted by Gasteiger charge is 2.26. The van der Waals surface area contributed by atoms with Crippen LogP contribution < -0.4 is 10.1 Å². The summed E-state index contributed by atoms with van der Waals surface area (Å²) in [5.74, 6) is 0.408. The van der Waals surface area contributed by atoms with Crippen molar-refractivity contribution in [1.29, 1.82) is 0 Å². The van der Waals surface area contributed by atoms with E-state index in [2.05, 4.69) is 20.8 Å². The van der Waals surface area contributed by atoms with Crippen molar-refractivity contribution in [2.45, 2.75) is 17.3 Å². The van der Waals surface area contributed by atoms with E-state index in [-0.39, 0.29) is 5.91 Å². The summed E-state index contributed by atoms with van der Waals surface area (Å²) in [6.07, 6.45) is 0. The molecule has 0 aliphatic carbocycles. The number of tetrazole rings is 1. The van der Waals surface area contributed by atoms with Crippen molar-refractivity contribution in [2.24, 2.45) is 0 Å². The Morgan fingerprint density at radius 2 is 1.78 bits per heavy atom. The Hall–Kier alpha value is -3.36. The van der Waals surface area contributed by atoms with E-state index in [0.29, 0.717) is 28.2 Å². The average Bonchev–Trinajstić information content (AvgIpc) is 3.28. The molecule has 1 N–H and O–H groups in total. The van der Waals surface area contributed by atoms with E-state index in [1.54, 1.807) is 16.8 Å². The summed E-state index contributed by atoms with van der Waals surface area (Å²) in [5.41, 5.74) is 2.18. The lowest BCUT2D eigenvalue weighted by Crippen LogP contribution is -2.20. The van der Waals surface area contributed by atoms with Crippen LogP contribution in [0.5, 0.6) is 5.75 Å². The van der Waals surface area contributed by atoms with Gasteiger partial charge in [-0.2, -0.15) is 4.68 Å². The predicted molar refractivity (Wildman–Crippen MR) is 125 cm³/mol.